The van der Waals surface area contributed by atoms with E-state index in [4.69, 9.17) is 11.6 Å². The predicted molar refractivity (Wildman–Crippen MR) is 91.1 cm³/mol. The summed E-state index contributed by atoms with van der Waals surface area (Å²) in [6.45, 7) is 0. The van der Waals surface area contributed by atoms with Crippen molar-refractivity contribution in [3.8, 4) is 11.4 Å². The zero-order chi connectivity index (χ0) is 16.2. The lowest BCUT2D eigenvalue weighted by Crippen LogP contribution is -2.15. The molecule has 0 spiro atoms. The number of halogens is 2. The van der Waals surface area contributed by atoms with Crippen molar-refractivity contribution in [1.29, 1.82) is 0 Å². The molecular weight excluding hydrogens is 382 g/mol. The summed E-state index contributed by atoms with van der Waals surface area (Å²) >= 11 is 9.46. The second kappa shape index (κ2) is 6.89. The Morgan fingerprint density at radius 3 is 2.83 bits per heavy atom. The number of tetrazole rings is 1. The molecule has 1 amide bonds. The van der Waals surface area contributed by atoms with Crippen LogP contribution >= 0.6 is 27.5 Å². The van der Waals surface area contributed by atoms with Gasteiger partial charge in [0, 0.05) is 15.1 Å². The zero-order valence-electron chi connectivity index (χ0n) is 11.8. The number of carbonyl (C=O) groups excluding carboxylic acids is 1. The fourth-order valence-electron chi connectivity index (χ4n) is 2.11. The van der Waals surface area contributed by atoms with Crippen molar-refractivity contribution in [3.05, 3.63) is 57.5 Å². The Morgan fingerprint density at radius 2 is 2.09 bits per heavy atom. The molecule has 0 atom stereocenters. The molecule has 1 heterocycles. The fraction of sp³-hybridized carbons (Fsp3) is 0.0667. The molecule has 3 rings (SSSR count). The summed E-state index contributed by atoms with van der Waals surface area (Å²) < 4.78 is 0.890. The first kappa shape index (κ1) is 15.6. The molecule has 2 N–H and O–H groups in total. The molecule has 6 nitrogen and oxygen atoms in total. The smallest absolute Gasteiger partial charge is 0.228 e. The van der Waals surface area contributed by atoms with Gasteiger partial charge in [-0.1, -0.05) is 45.7 Å². The van der Waals surface area contributed by atoms with Gasteiger partial charge < -0.3 is 5.32 Å². The summed E-state index contributed by atoms with van der Waals surface area (Å²) in [6, 6.07) is 12.7. The van der Waals surface area contributed by atoms with Crippen LogP contribution < -0.4 is 5.32 Å². The molecule has 3 aromatic rings. The summed E-state index contributed by atoms with van der Waals surface area (Å²) in [5.41, 5.74) is 2.11. The van der Waals surface area contributed by atoms with Crippen molar-refractivity contribution in [2.75, 3.05) is 5.32 Å². The molecule has 116 valence electrons. The standard InChI is InChI=1S/C15H11BrClN5O/c16-12-4-2-1-3-9(12)7-14(23)18-13-8-10(17)5-6-11(13)15-19-21-22-20-15/h1-6,8H,7H2,(H,18,23)(H,19,20,21,22). The van der Waals surface area contributed by atoms with Crippen LogP contribution in [0.5, 0.6) is 0 Å². The Morgan fingerprint density at radius 1 is 1.26 bits per heavy atom. The van der Waals surface area contributed by atoms with Gasteiger partial charge in [-0.2, -0.15) is 0 Å². The molecule has 0 radical (unpaired) electrons. The molecule has 1 aromatic heterocycles. The van der Waals surface area contributed by atoms with Crippen molar-refractivity contribution in [1.82, 2.24) is 20.6 Å². The highest BCUT2D eigenvalue weighted by atomic mass is 79.9. The lowest BCUT2D eigenvalue weighted by atomic mass is 10.1. The lowest BCUT2D eigenvalue weighted by Gasteiger charge is -2.10. The second-order valence-corrected chi connectivity index (χ2v) is 6.05. The van der Waals surface area contributed by atoms with E-state index in [1.54, 1.807) is 18.2 Å². The molecule has 0 saturated carbocycles. The molecule has 0 aliphatic rings. The average Bonchev–Trinajstić information content (AvgIpc) is 3.04. The largest absolute Gasteiger partial charge is 0.325 e. The van der Waals surface area contributed by atoms with Gasteiger partial charge in [0.15, 0.2) is 5.82 Å². The third-order valence-corrected chi connectivity index (χ3v) is 4.17. The maximum Gasteiger partial charge on any atom is 0.228 e. The third-order valence-electron chi connectivity index (χ3n) is 3.17. The van der Waals surface area contributed by atoms with Gasteiger partial charge in [0.25, 0.3) is 0 Å². The van der Waals surface area contributed by atoms with E-state index in [9.17, 15) is 4.79 Å². The monoisotopic (exact) mass is 391 g/mol. The third kappa shape index (κ3) is 3.75. The topological polar surface area (TPSA) is 83.6 Å². The first-order valence-electron chi connectivity index (χ1n) is 6.70. The quantitative estimate of drug-likeness (QED) is 0.712. The molecule has 0 unspecified atom stereocenters. The number of anilines is 1. The van der Waals surface area contributed by atoms with Gasteiger partial charge in [-0.25, -0.2) is 5.10 Å². The van der Waals surface area contributed by atoms with E-state index >= 15 is 0 Å². The first-order valence-corrected chi connectivity index (χ1v) is 7.87. The number of rotatable bonds is 4. The number of carbonyl (C=O) groups is 1. The maximum atomic E-state index is 12.3. The summed E-state index contributed by atoms with van der Waals surface area (Å²) in [5, 5.41) is 17.0. The molecule has 8 heteroatoms. The van der Waals surface area contributed by atoms with Crippen LogP contribution in [-0.4, -0.2) is 26.5 Å². The second-order valence-electron chi connectivity index (χ2n) is 4.76. The normalized spacial score (nSPS) is 10.5. The molecular formula is C15H11BrClN5O. The lowest BCUT2D eigenvalue weighted by molar-refractivity contribution is -0.115. The van der Waals surface area contributed by atoms with Crippen LogP contribution in [0.3, 0.4) is 0 Å². The summed E-state index contributed by atoms with van der Waals surface area (Å²) in [4.78, 5) is 12.3. The Kier molecular flexibility index (Phi) is 4.68. The van der Waals surface area contributed by atoms with E-state index in [1.165, 1.54) is 0 Å². The van der Waals surface area contributed by atoms with Gasteiger partial charge in [0.2, 0.25) is 5.91 Å². The van der Waals surface area contributed by atoms with E-state index in [0.717, 1.165) is 10.0 Å². The van der Waals surface area contributed by atoms with Crippen molar-refractivity contribution in [3.63, 3.8) is 0 Å². The number of hydrogen-bond donors (Lipinski definition) is 2. The van der Waals surface area contributed by atoms with Gasteiger partial charge in [0.1, 0.15) is 0 Å². The number of aromatic nitrogens is 4. The van der Waals surface area contributed by atoms with Gasteiger partial charge in [-0.3, -0.25) is 4.79 Å². The van der Waals surface area contributed by atoms with Gasteiger partial charge in [-0.15, -0.1) is 5.10 Å². The molecule has 0 bridgehead atoms. The number of benzene rings is 2. The van der Waals surface area contributed by atoms with Crippen LogP contribution in [0.15, 0.2) is 46.9 Å². The first-order chi connectivity index (χ1) is 11.1. The number of aromatic amines is 1. The van der Waals surface area contributed by atoms with Gasteiger partial charge in [0.05, 0.1) is 12.1 Å². The van der Waals surface area contributed by atoms with Crippen LogP contribution in [0.1, 0.15) is 5.56 Å². The van der Waals surface area contributed by atoms with Crippen molar-refractivity contribution >= 4 is 39.1 Å². The Hall–Kier alpha value is -2.25. The molecule has 0 aliphatic carbocycles. The summed E-state index contributed by atoms with van der Waals surface area (Å²) in [5.74, 6) is 0.297. The SMILES string of the molecule is O=C(Cc1ccccc1Br)Nc1cc(Cl)ccc1-c1nnn[nH]1. The van der Waals surface area contributed by atoms with E-state index in [1.807, 2.05) is 24.3 Å². The molecule has 23 heavy (non-hydrogen) atoms. The highest BCUT2D eigenvalue weighted by Crippen LogP contribution is 2.28. The Balaban J connectivity index is 1.84. The van der Waals surface area contributed by atoms with Crippen LogP contribution in [0, 0.1) is 0 Å². The average molecular weight is 393 g/mol. The minimum absolute atomic E-state index is 0.159. The molecule has 0 saturated heterocycles. The van der Waals surface area contributed by atoms with E-state index in [-0.39, 0.29) is 12.3 Å². The van der Waals surface area contributed by atoms with Crippen LogP contribution in [0.2, 0.25) is 5.02 Å². The van der Waals surface area contributed by atoms with Crippen molar-refractivity contribution in [2.24, 2.45) is 0 Å². The highest BCUT2D eigenvalue weighted by molar-refractivity contribution is 9.10. The summed E-state index contributed by atoms with van der Waals surface area (Å²) in [7, 11) is 0. The highest BCUT2D eigenvalue weighted by Gasteiger charge is 2.13. The Bertz CT molecular complexity index is 838. The number of hydrogen-bond acceptors (Lipinski definition) is 4. The number of nitrogens with one attached hydrogen (secondary N) is 2. The fourth-order valence-corrected chi connectivity index (χ4v) is 2.71. The van der Waals surface area contributed by atoms with E-state index in [0.29, 0.717) is 22.1 Å². The number of H-pyrrole nitrogens is 1. The van der Waals surface area contributed by atoms with Gasteiger partial charge >= 0.3 is 0 Å². The molecule has 0 fully saturated rings. The predicted octanol–water partition coefficient (Wildman–Crippen LogP) is 3.46. The molecule has 2 aromatic carbocycles. The number of amides is 1. The number of nitrogens with zero attached hydrogens (tertiary/aromatic N) is 3. The van der Waals surface area contributed by atoms with Crippen molar-refractivity contribution < 1.29 is 4.79 Å². The summed E-state index contributed by atoms with van der Waals surface area (Å²) in [6.07, 6.45) is 0.238. The van der Waals surface area contributed by atoms with E-state index in [2.05, 4.69) is 41.9 Å². The Labute approximate surface area is 145 Å². The van der Waals surface area contributed by atoms with E-state index < -0.39 is 0 Å². The minimum Gasteiger partial charge on any atom is -0.325 e. The zero-order valence-corrected chi connectivity index (χ0v) is 14.1. The van der Waals surface area contributed by atoms with Gasteiger partial charge in [-0.05, 0) is 40.3 Å². The maximum absolute atomic E-state index is 12.3. The molecule has 0 aliphatic heterocycles. The minimum atomic E-state index is -0.159. The van der Waals surface area contributed by atoms with Crippen LogP contribution in [-0.2, 0) is 11.2 Å². The van der Waals surface area contributed by atoms with Crippen LogP contribution in [0.25, 0.3) is 11.4 Å². The van der Waals surface area contributed by atoms with Crippen LogP contribution in [0.4, 0.5) is 5.69 Å². The van der Waals surface area contributed by atoms with Crippen molar-refractivity contribution in [2.45, 2.75) is 6.42 Å².